The van der Waals surface area contributed by atoms with Gasteiger partial charge in [0.25, 0.3) is 0 Å². The summed E-state index contributed by atoms with van der Waals surface area (Å²) in [5.74, 6) is 0. The van der Waals surface area contributed by atoms with Gasteiger partial charge in [0.05, 0.1) is 0 Å². The largest absolute Gasteiger partial charge is 0.318 e. The molecular formula is C11H26N2. The lowest BCUT2D eigenvalue weighted by Gasteiger charge is -2.17. The van der Waals surface area contributed by atoms with Crippen LogP contribution in [0.2, 0.25) is 0 Å². The molecule has 80 valence electrons. The number of hydrogen-bond donors (Lipinski definition) is 2. The molecule has 0 spiro atoms. The number of unbranched alkanes of at least 4 members (excludes halogenated alkanes) is 1. The van der Waals surface area contributed by atoms with Gasteiger partial charge in [0.15, 0.2) is 0 Å². The molecule has 0 aromatic heterocycles. The quantitative estimate of drug-likeness (QED) is 0.594. The van der Waals surface area contributed by atoms with Crippen LogP contribution in [0.5, 0.6) is 0 Å². The van der Waals surface area contributed by atoms with Crippen molar-refractivity contribution in [2.75, 3.05) is 26.7 Å². The summed E-state index contributed by atoms with van der Waals surface area (Å²) in [6.07, 6.45) is 3.98. The zero-order valence-electron chi connectivity index (χ0n) is 9.74. The molecule has 2 N–H and O–H groups in total. The van der Waals surface area contributed by atoms with Gasteiger partial charge in [-0.2, -0.15) is 0 Å². The van der Waals surface area contributed by atoms with E-state index in [1.165, 1.54) is 19.3 Å². The second-order valence-electron chi connectivity index (χ2n) is 4.87. The normalized spacial score (nSPS) is 12.0. The van der Waals surface area contributed by atoms with E-state index < -0.39 is 0 Å². The molecule has 0 fully saturated rings. The molecule has 2 heteroatoms. The first-order valence-corrected chi connectivity index (χ1v) is 5.41. The van der Waals surface area contributed by atoms with E-state index in [4.69, 9.17) is 0 Å². The molecule has 0 saturated heterocycles. The third-order valence-corrected chi connectivity index (χ3v) is 2.08. The topological polar surface area (TPSA) is 24.1 Å². The van der Waals surface area contributed by atoms with Crippen LogP contribution in [-0.4, -0.2) is 26.7 Å². The summed E-state index contributed by atoms with van der Waals surface area (Å²) in [5.41, 5.74) is 0.505. The Bertz CT molecular complexity index is 105. The Hall–Kier alpha value is -0.0800. The molecule has 0 aliphatic heterocycles. The van der Waals surface area contributed by atoms with Crippen LogP contribution in [0, 0.1) is 5.41 Å². The van der Waals surface area contributed by atoms with Crippen LogP contribution < -0.4 is 10.6 Å². The Balaban J connectivity index is 3.00. The molecule has 0 aliphatic carbocycles. The summed E-state index contributed by atoms with van der Waals surface area (Å²) >= 11 is 0. The maximum Gasteiger partial charge on any atom is 0.00766 e. The summed E-state index contributed by atoms with van der Waals surface area (Å²) in [6.45, 7) is 10.2. The van der Waals surface area contributed by atoms with E-state index in [0.717, 1.165) is 19.6 Å². The van der Waals surface area contributed by atoms with E-state index in [1.54, 1.807) is 0 Å². The van der Waals surface area contributed by atoms with Gasteiger partial charge >= 0.3 is 0 Å². The molecule has 0 saturated carbocycles. The van der Waals surface area contributed by atoms with E-state index in [9.17, 15) is 0 Å². The van der Waals surface area contributed by atoms with Gasteiger partial charge in [0, 0.05) is 13.1 Å². The van der Waals surface area contributed by atoms with Gasteiger partial charge in [-0.1, -0.05) is 27.2 Å². The number of nitrogens with one attached hydrogen (secondary N) is 2. The van der Waals surface area contributed by atoms with Gasteiger partial charge in [0.2, 0.25) is 0 Å². The smallest absolute Gasteiger partial charge is 0.00766 e. The van der Waals surface area contributed by atoms with Gasteiger partial charge in [-0.05, 0) is 31.8 Å². The Morgan fingerprint density at radius 2 is 1.62 bits per heavy atom. The standard InChI is InChI=1S/C11H26N2/c1-11(2,3)7-5-6-8-13-10-9-12-4/h12-13H,5-10H2,1-4H3. The zero-order chi connectivity index (χ0) is 10.2. The molecule has 0 aliphatic rings. The van der Waals surface area contributed by atoms with Crippen LogP contribution in [0.15, 0.2) is 0 Å². The predicted molar refractivity (Wildman–Crippen MR) is 60.1 cm³/mol. The fourth-order valence-electron chi connectivity index (χ4n) is 1.24. The van der Waals surface area contributed by atoms with Gasteiger partial charge in [-0.3, -0.25) is 0 Å². The molecule has 2 nitrogen and oxygen atoms in total. The van der Waals surface area contributed by atoms with E-state index in [1.807, 2.05) is 7.05 Å². The lowest BCUT2D eigenvalue weighted by molar-refractivity contribution is 0.358. The molecule has 0 bridgehead atoms. The first-order valence-electron chi connectivity index (χ1n) is 5.41. The number of rotatable bonds is 7. The minimum Gasteiger partial charge on any atom is -0.318 e. The average molecular weight is 186 g/mol. The summed E-state index contributed by atoms with van der Waals surface area (Å²) in [5, 5.41) is 6.53. The van der Waals surface area contributed by atoms with Crippen molar-refractivity contribution in [2.45, 2.75) is 40.0 Å². The van der Waals surface area contributed by atoms with Crippen molar-refractivity contribution in [2.24, 2.45) is 5.41 Å². The zero-order valence-corrected chi connectivity index (χ0v) is 9.74. The second kappa shape index (κ2) is 7.34. The summed E-state index contributed by atoms with van der Waals surface area (Å²) in [6, 6.07) is 0. The minimum absolute atomic E-state index is 0.505. The maximum absolute atomic E-state index is 3.41. The maximum atomic E-state index is 3.41. The highest BCUT2D eigenvalue weighted by Gasteiger charge is 2.08. The summed E-state index contributed by atoms with van der Waals surface area (Å²) in [7, 11) is 1.99. The van der Waals surface area contributed by atoms with Gasteiger partial charge in [-0.25, -0.2) is 0 Å². The molecule has 0 aromatic rings. The van der Waals surface area contributed by atoms with Crippen molar-refractivity contribution in [1.29, 1.82) is 0 Å². The van der Waals surface area contributed by atoms with Crippen LogP contribution in [0.1, 0.15) is 40.0 Å². The average Bonchev–Trinajstić information content (AvgIpc) is 2.01. The fraction of sp³-hybridized carbons (Fsp3) is 1.00. The summed E-state index contributed by atoms with van der Waals surface area (Å²) < 4.78 is 0. The van der Waals surface area contributed by atoms with Crippen molar-refractivity contribution in [3.63, 3.8) is 0 Å². The molecule has 13 heavy (non-hydrogen) atoms. The molecule has 0 heterocycles. The van der Waals surface area contributed by atoms with Crippen molar-refractivity contribution in [1.82, 2.24) is 10.6 Å². The highest BCUT2D eigenvalue weighted by molar-refractivity contribution is 4.61. The van der Waals surface area contributed by atoms with Crippen LogP contribution in [-0.2, 0) is 0 Å². The predicted octanol–water partition coefficient (Wildman–Crippen LogP) is 2.01. The Morgan fingerprint density at radius 1 is 0.923 bits per heavy atom. The minimum atomic E-state index is 0.505. The number of likely N-dealkylation sites (N-methyl/N-ethyl adjacent to an activating group) is 1. The highest BCUT2D eigenvalue weighted by atomic mass is 14.9. The Kier molecular flexibility index (Phi) is 7.29. The molecule has 0 atom stereocenters. The van der Waals surface area contributed by atoms with Crippen molar-refractivity contribution < 1.29 is 0 Å². The van der Waals surface area contributed by atoms with Gasteiger partial charge < -0.3 is 10.6 Å². The monoisotopic (exact) mass is 186 g/mol. The van der Waals surface area contributed by atoms with E-state index >= 15 is 0 Å². The first-order chi connectivity index (χ1) is 6.06. The lowest BCUT2D eigenvalue weighted by Crippen LogP contribution is -2.25. The first kappa shape index (κ1) is 12.9. The van der Waals surface area contributed by atoms with E-state index in [2.05, 4.69) is 31.4 Å². The Labute approximate surface area is 83.5 Å². The van der Waals surface area contributed by atoms with Crippen molar-refractivity contribution >= 4 is 0 Å². The van der Waals surface area contributed by atoms with E-state index in [-0.39, 0.29) is 0 Å². The third kappa shape index (κ3) is 11.9. The van der Waals surface area contributed by atoms with Crippen LogP contribution in [0.3, 0.4) is 0 Å². The van der Waals surface area contributed by atoms with Crippen LogP contribution >= 0.6 is 0 Å². The molecule has 0 amide bonds. The molecule has 0 rings (SSSR count). The van der Waals surface area contributed by atoms with Crippen molar-refractivity contribution in [3.8, 4) is 0 Å². The molecular weight excluding hydrogens is 160 g/mol. The third-order valence-electron chi connectivity index (χ3n) is 2.08. The fourth-order valence-corrected chi connectivity index (χ4v) is 1.24. The van der Waals surface area contributed by atoms with E-state index in [0.29, 0.717) is 5.41 Å². The number of hydrogen-bond acceptors (Lipinski definition) is 2. The summed E-state index contributed by atoms with van der Waals surface area (Å²) in [4.78, 5) is 0. The second-order valence-corrected chi connectivity index (χ2v) is 4.87. The van der Waals surface area contributed by atoms with Gasteiger partial charge in [0.1, 0.15) is 0 Å². The molecule has 0 unspecified atom stereocenters. The molecule has 0 radical (unpaired) electrons. The van der Waals surface area contributed by atoms with Crippen LogP contribution in [0.4, 0.5) is 0 Å². The highest BCUT2D eigenvalue weighted by Crippen LogP contribution is 2.20. The molecule has 0 aromatic carbocycles. The lowest BCUT2D eigenvalue weighted by atomic mass is 9.90. The van der Waals surface area contributed by atoms with Gasteiger partial charge in [-0.15, -0.1) is 0 Å². The van der Waals surface area contributed by atoms with Crippen molar-refractivity contribution in [3.05, 3.63) is 0 Å². The SMILES string of the molecule is CNCCNCCCCC(C)(C)C. The van der Waals surface area contributed by atoms with Crippen LogP contribution in [0.25, 0.3) is 0 Å². The Morgan fingerprint density at radius 3 is 2.15 bits per heavy atom.